The van der Waals surface area contributed by atoms with Gasteiger partial charge in [-0.2, -0.15) is 0 Å². The highest BCUT2D eigenvalue weighted by molar-refractivity contribution is 5.79. The minimum atomic E-state index is -0.921. The molecule has 0 radical (unpaired) electrons. The van der Waals surface area contributed by atoms with Crippen molar-refractivity contribution in [3.63, 3.8) is 0 Å². The Labute approximate surface area is 92.0 Å². The SMILES string of the molecule is CC(C)CC(CN(C)C)N/C=C/C(=O)O. The molecular formula is C11H22N2O2. The van der Waals surface area contributed by atoms with Crippen molar-refractivity contribution in [1.29, 1.82) is 0 Å². The lowest BCUT2D eigenvalue weighted by molar-refractivity contribution is -0.131. The number of rotatable bonds is 7. The first kappa shape index (κ1) is 14.0. The van der Waals surface area contributed by atoms with Gasteiger partial charge in [0.2, 0.25) is 0 Å². The molecule has 0 spiro atoms. The van der Waals surface area contributed by atoms with Crippen LogP contribution in [-0.4, -0.2) is 42.7 Å². The molecule has 0 rings (SSSR count). The first-order chi connectivity index (χ1) is 6.91. The molecule has 0 amide bonds. The van der Waals surface area contributed by atoms with Gasteiger partial charge in [0.05, 0.1) is 0 Å². The lowest BCUT2D eigenvalue weighted by Crippen LogP contribution is -2.36. The predicted molar refractivity (Wildman–Crippen MR) is 61.7 cm³/mol. The molecule has 4 nitrogen and oxygen atoms in total. The zero-order valence-corrected chi connectivity index (χ0v) is 10.0. The van der Waals surface area contributed by atoms with E-state index in [1.54, 1.807) is 0 Å². The van der Waals surface area contributed by atoms with Crippen molar-refractivity contribution < 1.29 is 9.90 Å². The Morgan fingerprint density at radius 2 is 2.07 bits per heavy atom. The molecule has 15 heavy (non-hydrogen) atoms. The van der Waals surface area contributed by atoms with Crippen molar-refractivity contribution in [2.24, 2.45) is 5.92 Å². The van der Waals surface area contributed by atoms with Crippen molar-refractivity contribution in [3.05, 3.63) is 12.3 Å². The molecule has 0 saturated heterocycles. The highest BCUT2D eigenvalue weighted by Gasteiger charge is 2.09. The van der Waals surface area contributed by atoms with Crippen molar-refractivity contribution in [1.82, 2.24) is 10.2 Å². The second-order valence-corrected chi connectivity index (χ2v) is 4.43. The zero-order valence-electron chi connectivity index (χ0n) is 10.0. The van der Waals surface area contributed by atoms with Gasteiger partial charge in [-0.3, -0.25) is 0 Å². The van der Waals surface area contributed by atoms with E-state index in [-0.39, 0.29) is 0 Å². The number of carboxylic acids is 1. The standard InChI is InChI=1S/C11H22N2O2/c1-9(2)7-10(8-13(3)4)12-6-5-11(14)15/h5-6,9-10,12H,7-8H2,1-4H3,(H,14,15)/b6-5+. The molecule has 0 saturated carbocycles. The fourth-order valence-corrected chi connectivity index (χ4v) is 1.46. The number of aliphatic carboxylic acids is 1. The summed E-state index contributed by atoms with van der Waals surface area (Å²) in [4.78, 5) is 12.4. The summed E-state index contributed by atoms with van der Waals surface area (Å²) in [6, 6.07) is 0.301. The summed E-state index contributed by atoms with van der Waals surface area (Å²) in [7, 11) is 4.02. The lowest BCUT2D eigenvalue weighted by Gasteiger charge is -2.22. The van der Waals surface area contributed by atoms with E-state index in [1.165, 1.54) is 6.20 Å². The molecule has 1 atom stereocenters. The van der Waals surface area contributed by atoms with Crippen LogP contribution in [0, 0.1) is 5.92 Å². The number of likely N-dealkylation sites (N-methyl/N-ethyl adjacent to an activating group) is 1. The minimum Gasteiger partial charge on any atom is -0.478 e. The van der Waals surface area contributed by atoms with Gasteiger partial charge in [-0.1, -0.05) is 13.8 Å². The molecule has 88 valence electrons. The number of hydrogen-bond donors (Lipinski definition) is 2. The van der Waals surface area contributed by atoms with Gasteiger partial charge >= 0.3 is 5.97 Å². The third kappa shape index (κ3) is 9.28. The van der Waals surface area contributed by atoms with Crippen LogP contribution in [0.1, 0.15) is 20.3 Å². The maximum absolute atomic E-state index is 10.3. The normalized spacial score (nSPS) is 13.7. The molecule has 0 fully saturated rings. The molecule has 0 bridgehead atoms. The van der Waals surface area contributed by atoms with E-state index in [1.807, 2.05) is 14.1 Å². The van der Waals surface area contributed by atoms with Crippen molar-refractivity contribution in [2.45, 2.75) is 26.3 Å². The predicted octanol–water partition coefficient (Wildman–Crippen LogP) is 1.15. The summed E-state index contributed by atoms with van der Waals surface area (Å²) in [6.45, 7) is 5.22. The van der Waals surface area contributed by atoms with Gasteiger partial charge in [0.15, 0.2) is 0 Å². The van der Waals surface area contributed by atoms with Gasteiger partial charge in [-0.25, -0.2) is 4.79 Å². The fourth-order valence-electron chi connectivity index (χ4n) is 1.46. The quantitative estimate of drug-likeness (QED) is 0.624. The van der Waals surface area contributed by atoms with E-state index in [0.717, 1.165) is 19.0 Å². The monoisotopic (exact) mass is 214 g/mol. The van der Waals surface area contributed by atoms with Gasteiger partial charge in [0.1, 0.15) is 0 Å². The van der Waals surface area contributed by atoms with Gasteiger partial charge in [0.25, 0.3) is 0 Å². The summed E-state index contributed by atoms with van der Waals surface area (Å²) in [5.74, 6) is -0.323. The van der Waals surface area contributed by atoms with Gasteiger partial charge in [0, 0.05) is 24.9 Å². The summed E-state index contributed by atoms with van der Waals surface area (Å²) >= 11 is 0. The first-order valence-electron chi connectivity index (χ1n) is 5.22. The topological polar surface area (TPSA) is 52.6 Å². The molecule has 2 N–H and O–H groups in total. The molecular weight excluding hydrogens is 192 g/mol. The molecule has 0 aliphatic carbocycles. The number of carbonyl (C=O) groups is 1. The van der Waals surface area contributed by atoms with Crippen molar-refractivity contribution in [2.75, 3.05) is 20.6 Å². The lowest BCUT2D eigenvalue weighted by atomic mass is 10.0. The summed E-state index contributed by atoms with van der Waals surface area (Å²) in [6.07, 6.45) is 3.67. The average Bonchev–Trinajstić information content (AvgIpc) is 2.00. The Balaban J connectivity index is 4.06. The van der Waals surface area contributed by atoms with E-state index in [2.05, 4.69) is 24.1 Å². The third-order valence-corrected chi connectivity index (χ3v) is 1.90. The molecule has 0 aliphatic rings. The van der Waals surface area contributed by atoms with Crippen LogP contribution < -0.4 is 5.32 Å². The number of nitrogens with one attached hydrogen (secondary N) is 1. The Bertz CT molecular complexity index is 203. The van der Waals surface area contributed by atoms with Crippen LogP contribution in [-0.2, 0) is 4.79 Å². The van der Waals surface area contributed by atoms with E-state index in [4.69, 9.17) is 5.11 Å². The minimum absolute atomic E-state index is 0.301. The van der Waals surface area contributed by atoms with Crippen LogP contribution in [0.25, 0.3) is 0 Å². The summed E-state index contributed by atoms with van der Waals surface area (Å²) in [5, 5.41) is 11.6. The van der Waals surface area contributed by atoms with E-state index in [9.17, 15) is 4.79 Å². The van der Waals surface area contributed by atoms with Crippen LogP contribution in [0.5, 0.6) is 0 Å². The Kier molecular flexibility index (Phi) is 6.79. The summed E-state index contributed by atoms with van der Waals surface area (Å²) < 4.78 is 0. The molecule has 4 heteroatoms. The number of nitrogens with zero attached hydrogens (tertiary/aromatic N) is 1. The van der Waals surface area contributed by atoms with Gasteiger partial charge < -0.3 is 15.3 Å². The number of hydrogen-bond acceptors (Lipinski definition) is 3. The van der Waals surface area contributed by atoms with E-state index in [0.29, 0.717) is 12.0 Å². The molecule has 0 aliphatic heterocycles. The molecule has 0 aromatic heterocycles. The van der Waals surface area contributed by atoms with Gasteiger partial charge in [-0.05, 0) is 26.4 Å². The van der Waals surface area contributed by atoms with Crippen LogP contribution in [0.2, 0.25) is 0 Å². The van der Waals surface area contributed by atoms with Crippen LogP contribution in [0.3, 0.4) is 0 Å². The Morgan fingerprint density at radius 3 is 2.47 bits per heavy atom. The third-order valence-electron chi connectivity index (χ3n) is 1.90. The van der Waals surface area contributed by atoms with Crippen LogP contribution in [0.15, 0.2) is 12.3 Å². The van der Waals surface area contributed by atoms with Crippen LogP contribution >= 0.6 is 0 Å². The molecule has 0 aromatic rings. The van der Waals surface area contributed by atoms with Crippen LogP contribution in [0.4, 0.5) is 0 Å². The Morgan fingerprint density at radius 1 is 1.47 bits per heavy atom. The highest BCUT2D eigenvalue weighted by atomic mass is 16.4. The zero-order chi connectivity index (χ0) is 11.8. The van der Waals surface area contributed by atoms with E-state index >= 15 is 0 Å². The summed E-state index contributed by atoms with van der Waals surface area (Å²) in [5.41, 5.74) is 0. The Hall–Kier alpha value is -1.03. The maximum atomic E-state index is 10.3. The largest absolute Gasteiger partial charge is 0.478 e. The first-order valence-corrected chi connectivity index (χ1v) is 5.22. The second-order valence-electron chi connectivity index (χ2n) is 4.43. The fraction of sp³-hybridized carbons (Fsp3) is 0.727. The highest BCUT2D eigenvalue weighted by Crippen LogP contribution is 2.05. The maximum Gasteiger partial charge on any atom is 0.329 e. The molecule has 0 heterocycles. The van der Waals surface area contributed by atoms with Crippen molar-refractivity contribution in [3.8, 4) is 0 Å². The second kappa shape index (κ2) is 7.29. The molecule has 1 unspecified atom stereocenters. The van der Waals surface area contributed by atoms with E-state index < -0.39 is 5.97 Å². The van der Waals surface area contributed by atoms with Crippen molar-refractivity contribution >= 4 is 5.97 Å². The number of carboxylic acid groups (broad SMARTS) is 1. The average molecular weight is 214 g/mol. The smallest absolute Gasteiger partial charge is 0.329 e. The molecule has 0 aromatic carbocycles. The van der Waals surface area contributed by atoms with Gasteiger partial charge in [-0.15, -0.1) is 0 Å².